The Labute approximate surface area is 89.7 Å². The Morgan fingerprint density at radius 1 is 1.53 bits per heavy atom. The molecule has 0 aromatic heterocycles. The van der Waals surface area contributed by atoms with E-state index in [2.05, 4.69) is 4.85 Å². The van der Waals surface area contributed by atoms with E-state index < -0.39 is 0 Å². The topological polar surface area (TPSA) is 47.5 Å². The van der Waals surface area contributed by atoms with Gasteiger partial charge in [0.15, 0.2) is 11.5 Å². The average Bonchev–Trinajstić information content (AvgIpc) is 2.27. The monoisotopic (exact) mass is 202 g/mol. The first kappa shape index (κ1) is 11.4. The molecule has 1 rings (SSSR count). The van der Waals surface area contributed by atoms with Crippen LogP contribution in [0.3, 0.4) is 0 Å². The lowest BCUT2D eigenvalue weighted by Gasteiger charge is -2.09. The number of rotatable bonds is 3. The fraction of sp³-hybridized carbons (Fsp3) is 0.333. The number of nitrogens with two attached hydrogens (primary N) is 1. The third-order valence-electron chi connectivity index (χ3n) is 2.23. The van der Waals surface area contributed by atoms with Crippen molar-refractivity contribution in [2.45, 2.75) is 20.4 Å². The molecule has 1 aromatic carbocycles. The van der Waals surface area contributed by atoms with Gasteiger partial charge in [-0.25, -0.2) is 4.85 Å². The van der Waals surface area contributed by atoms with E-state index in [4.69, 9.17) is 12.3 Å². The van der Waals surface area contributed by atoms with E-state index in [1.165, 1.54) is 0 Å². The summed E-state index contributed by atoms with van der Waals surface area (Å²) in [6, 6.07) is 5.03. The summed E-state index contributed by atoms with van der Waals surface area (Å²) < 4.78 is 0. The fourth-order valence-corrected chi connectivity index (χ4v) is 1.37. The maximum Gasteiger partial charge on any atom is 0.187 e. The first-order valence-electron chi connectivity index (χ1n) is 4.84. The van der Waals surface area contributed by atoms with E-state index in [1.54, 1.807) is 18.2 Å². The lowest BCUT2D eigenvalue weighted by Crippen LogP contribution is -2.12. The SMILES string of the molecule is [C-]#[N+]c1ccc(C(=O)C(C)C)c(CN)c1. The van der Waals surface area contributed by atoms with Gasteiger partial charge in [-0.15, -0.1) is 0 Å². The van der Waals surface area contributed by atoms with Gasteiger partial charge in [-0.3, -0.25) is 4.79 Å². The molecular weight excluding hydrogens is 188 g/mol. The van der Waals surface area contributed by atoms with Crippen LogP contribution < -0.4 is 5.73 Å². The number of nitrogens with zero attached hydrogens (tertiary/aromatic N) is 1. The summed E-state index contributed by atoms with van der Waals surface area (Å²) >= 11 is 0. The molecule has 0 saturated heterocycles. The van der Waals surface area contributed by atoms with Gasteiger partial charge >= 0.3 is 0 Å². The maximum atomic E-state index is 11.8. The van der Waals surface area contributed by atoms with Crippen LogP contribution >= 0.6 is 0 Å². The van der Waals surface area contributed by atoms with E-state index >= 15 is 0 Å². The molecule has 0 aliphatic carbocycles. The van der Waals surface area contributed by atoms with Crippen molar-refractivity contribution >= 4 is 11.5 Å². The van der Waals surface area contributed by atoms with E-state index in [1.807, 2.05) is 13.8 Å². The summed E-state index contributed by atoms with van der Waals surface area (Å²) in [5.41, 5.74) is 7.47. The molecule has 0 radical (unpaired) electrons. The van der Waals surface area contributed by atoms with Crippen molar-refractivity contribution in [3.05, 3.63) is 40.7 Å². The minimum absolute atomic E-state index is 0.0471. The van der Waals surface area contributed by atoms with Crippen LogP contribution in [0.5, 0.6) is 0 Å². The summed E-state index contributed by atoms with van der Waals surface area (Å²) in [7, 11) is 0. The summed E-state index contributed by atoms with van der Waals surface area (Å²) in [6.07, 6.45) is 0. The van der Waals surface area contributed by atoms with Crippen molar-refractivity contribution in [1.29, 1.82) is 0 Å². The number of benzene rings is 1. The van der Waals surface area contributed by atoms with Crippen molar-refractivity contribution in [1.82, 2.24) is 0 Å². The Bertz CT molecular complexity index is 416. The highest BCUT2D eigenvalue weighted by Gasteiger charge is 2.14. The molecule has 0 aliphatic heterocycles. The van der Waals surface area contributed by atoms with Crippen molar-refractivity contribution in [3.63, 3.8) is 0 Å². The molecule has 3 nitrogen and oxygen atoms in total. The van der Waals surface area contributed by atoms with Gasteiger partial charge in [-0.05, 0) is 5.56 Å². The van der Waals surface area contributed by atoms with Crippen molar-refractivity contribution in [2.75, 3.05) is 0 Å². The smallest absolute Gasteiger partial charge is 0.187 e. The fourth-order valence-electron chi connectivity index (χ4n) is 1.37. The minimum Gasteiger partial charge on any atom is -0.327 e. The van der Waals surface area contributed by atoms with Crippen molar-refractivity contribution < 1.29 is 4.79 Å². The highest BCUT2D eigenvalue weighted by molar-refractivity contribution is 5.99. The molecule has 78 valence electrons. The van der Waals surface area contributed by atoms with Crippen LogP contribution in [0.1, 0.15) is 29.8 Å². The largest absolute Gasteiger partial charge is 0.327 e. The van der Waals surface area contributed by atoms with Crippen LogP contribution in [0.25, 0.3) is 4.85 Å². The molecule has 15 heavy (non-hydrogen) atoms. The molecule has 0 amide bonds. The Morgan fingerprint density at radius 3 is 2.67 bits per heavy atom. The third-order valence-corrected chi connectivity index (χ3v) is 2.23. The molecule has 0 heterocycles. The number of carbonyl (C=O) groups is 1. The molecule has 0 fully saturated rings. The Balaban J connectivity index is 3.20. The summed E-state index contributed by atoms with van der Waals surface area (Å²) in [5.74, 6) is 0.0288. The first-order valence-corrected chi connectivity index (χ1v) is 4.84. The standard InChI is InChI=1S/C12H14N2O/c1-8(2)12(15)11-5-4-10(14-3)6-9(11)7-13/h4-6,8H,7,13H2,1-2H3. The van der Waals surface area contributed by atoms with Gasteiger partial charge in [0.1, 0.15) is 0 Å². The lowest BCUT2D eigenvalue weighted by molar-refractivity contribution is 0.0938. The first-order chi connectivity index (χ1) is 7.10. The zero-order chi connectivity index (χ0) is 11.4. The molecule has 1 aromatic rings. The summed E-state index contributed by atoms with van der Waals surface area (Å²) in [5, 5.41) is 0. The second-order valence-corrected chi connectivity index (χ2v) is 3.68. The number of ketones is 1. The van der Waals surface area contributed by atoms with Crippen LogP contribution in [0.2, 0.25) is 0 Å². The minimum atomic E-state index is -0.0471. The zero-order valence-electron chi connectivity index (χ0n) is 8.95. The van der Waals surface area contributed by atoms with E-state index in [0.717, 1.165) is 5.56 Å². The molecule has 0 unspecified atom stereocenters. The highest BCUT2D eigenvalue weighted by atomic mass is 16.1. The van der Waals surface area contributed by atoms with Crippen LogP contribution in [0.15, 0.2) is 18.2 Å². The summed E-state index contributed by atoms with van der Waals surface area (Å²) in [6.45, 7) is 10.9. The Hall–Kier alpha value is -1.66. The van der Waals surface area contributed by atoms with Crippen molar-refractivity contribution in [3.8, 4) is 0 Å². The second kappa shape index (κ2) is 4.72. The molecule has 0 bridgehead atoms. The lowest BCUT2D eigenvalue weighted by atomic mass is 9.96. The molecular formula is C12H14N2O. The normalized spacial score (nSPS) is 10.1. The average molecular weight is 202 g/mol. The molecule has 0 saturated carbocycles. The van der Waals surface area contributed by atoms with E-state index in [0.29, 0.717) is 11.3 Å². The predicted molar refractivity (Wildman–Crippen MR) is 59.8 cm³/mol. The number of Topliss-reactive ketones (excluding diaryl/α,β-unsaturated/α-hetero) is 1. The molecule has 2 N–H and O–H groups in total. The van der Waals surface area contributed by atoms with E-state index in [9.17, 15) is 4.79 Å². The molecule has 0 aliphatic rings. The van der Waals surface area contributed by atoms with Crippen LogP contribution in [-0.4, -0.2) is 5.78 Å². The third kappa shape index (κ3) is 2.42. The maximum absolute atomic E-state index is 11.8. The Morgan fingerprint density at radius 2 is 2.20 bits per heavy atom. The van der Waals surface area contributed by atoms with Crippen LogP contribution in [0.4, 0.5) is 5.69 Å². The molecule has 3 heteroatoms. The molecule has 0 spiro atoms. The van der Waals surface area contributed by atoms with Gasteiger partial charge in [-0.1, -0.05) is 32.0 Å². The molecule has 0 atom stereocenters. The van der Waals surface area contributed by atoms with Crippen LogP contribution in [0, 0.1) is 12.5 Å². The van der Waals surface area contributed by atoms with Gasteiger partial charge in [0, 0.05) is 18.0 Å². The number of carbonyl (C=O) groups excluding carboxylic acids is 1. The van der Waals surface area contributed by atoms with Gasteiger partial charge < -0.3 is 5.73 Å². The van der Waals surface area contributed by atoms with Gasteiger partial charge in [0.25, 0.3) is 0 Å². The van der Waals surface area contributed by atoms with Gasteiger partial charge in [-0.2, -0.15) is 0 Å². The van der Waals surface area contributed by atoms with Gasteiger partial charge in [0.2, 0.25) is 0 Å². The van der Waals surface area contributed by atoms with Gasteiger partial charge in [0.05, 0.1) is 6.57 Å². The zero-order valence-corrected chi connectivity index (χ0v) is 8.95. The number of hydrogen-bond donors (Lipinski definition) is 1. The summed E-state index contributed by atoms with van der Waals surface area (Å²) in [4.78, 5) is 15.1. The van der Waals surface area contributed by atoms with Crippen molar-refractivity contribution in [2.24, 2.45) is 11.7 Å². The van der Waals surface area contributed by atoms with Crippen LogP contribution in [-0.2, 0) is 6.54 Å². The predicted octanol–water partition coefficient (Wildman–Crippen LogP) is 2.53. The quantitative estimate of drug-likeness (QED) is 0.604. The number of hydrogen-bond acceptors (Lipinski definition) is 2. The highest BCUT2D eigenvalue weighted by Crippen LogP contribution is 2.20. The Kier molecular flexibility index (Phi) is 3.59. The second-order valence-electron chi connectivity index (χ2n) is 3.68. The van der Waals surface area contributed by atoms with E-state index in [-0.39, 0.29) is 18.2 Å².